The van der Waals surface area contributed by atoms with E-state index < -0.39 is 0 Å². The number of rotatable bonds is 5. The van der Waals surface area contributed by atoms with E-state index in [1.807, 2.05) is 25.1 Å². The van der Waals surface area contributed by atoms with Crippen LogP contribution in [0.3, 0.4) is 0 Å². The number of fused-ring (bicyclic) bond motifs is 1. The predicted molar refractivity (Wildman–Crippen MR) is 100 cm³/mol. The Morgan fingerprint density at radius 2 is 1.93 bits per heavy atom. The second-order valence-electron chi connectivity index (χ2n) is 7.11. The normalized spacial score (nSPS) is 24.2. The zero-order chi connectivity index (χ0) is 19.1. The van der Waals surface area contributed by atoms with Gasteiger partial charge in [-0.2, -0.15) is 0 Å². The highest BCUT2D eigenvalue weighted by atomic mass is 35.5. The maximum absolute atomic E-state index is 12.9. The summed E-state index contributed by atoms with van der Waals surface area (Å²) in [5.41, 5.74) is 1.29. The first kappa shape index (κ1) is 18.1. The van der Waals surface area contributed by atoms with Crippen molar-refractivity contribution in [2.75, 3.05) is 20.3 Å². The van der Waals surface area contributed by atoms with E-state index in [1.54, 1.807) is 6.07 Å². The van der Waals surface area contributed by atoms with E-state index in [2.05, 4.69) is 10.6 Å². The van der Waals surface area contributed by atoms with Crippen molar-refractivity contribution >= 4 is 23.4 Å². The molecule has 1 aliphatic heterocycles. The van der Waals surface area contributed by atoms with Gasteiger partial charge < -0.3 is 19.8 Å². The summed E-state index contributed by atoms with van der Waals surface area (Å²) in [6.07, 6.45) is 0. The molecule has 0 radical (unpaired) electrons. The minimum Gasteiger partial charge on any atom is -0.454 e. The van der Waals surface area contributed by atoms with Crippen molar-refractivity contribution in [3.8, 4) is 0 Å². The molecule has 6 nitrogen and oxygen atoms in total. The number of nitrogens with one attached hydrogen (secondary N) is 2. The zero-order valence-electron chi connectivity index (χ0n) is 15.1. The van der Waals surface area contributed by atoms with Crippen molar-refractivity contribution in [3.63, 3.8) is 0 Å². The summed E-state index contributed by atoms with van der Waals surface area (Å²) in [5.74, 6) is 0.537. The van der Waals surface area contributed by atoms with Gasteiger partial charge in [0.05, 0.1) is 18.8 Å². The minimum atomic E-state index is -0.370. The standard InChI is InChI=1S/C20H21ClN2O4/c1-10(11-4-3-5-12(21)6-11)18-13(7-16(27-18)20(25)22-2)19(24)23-17-14-8-26-9-15(14)17/h3-7,10,14-15,17H,8-9H2,1-2H3,(H,22,25)(H,23,24)/t10-,14-,15+,17?/m0/s1. The molecule has 4 rings (SSSR count). The zero-order valence-corrected chi connectivity index (χ0v) is 15.9. The molecule has 1 aromatic heterocycles. The van der Waals surface area contributed by atoms with Crippen LogP contribution in [0.25, 0.3) is 0 Å². The quantitative estimate of drug-likeness (QED) is 0.825. The van der Waals surface area contributed by atoms with Gasteiger partial charge >= 0.3 is 0 Å². The molecule has 27 heavy (non-hydrogen) atoms. The Morgan fingerprint density at radius 3 is 2.59 bits per heavy atom. The van der Waals surface area contributed by atoms with Gasteiger partial charge in [0.1, 0.15) is 5.76 Å². The predicted octanol–water partition coefficient (Wildman–Crippen LogP) is 2.82. The number of carbonyl (C=O) groups is 2. The number of furan rings is 1. The second kappa shape index (κ2) is 7.02. The second-order valence-corrected chi connectivity index (χ2v) is 7.55. The molecule has 1 aliphatic carbocycles. The van der Waals surface area contributed by atoms with Crippen molar-refractivity contribution in [1.82, 2.24) is 10.6 Å². The van der Waals surface area contributed by atoms with Crippen molar-refractivity contribution in [2.45, 2.75) is 18.9 Å². The van der Waals surface area contributed by atoms with Crippen molar-refractivity contribution in [2.24, 2.45) is 11.8 Å². The molecule has 1 aromatic carbocycles. The van der Waals surface area contributed by atoms with Crippen LogP contribution in [-0.4, -0.2) is 38.1 Å². The van der Waals surface area contributed by atoms with Crippen LogP contribution in [0.5, 0.6) is 0 Å². The Kier molecular flexibility index (Phi) is 4.70. The van der Waals surface area contributed by atoms with Gasteiger partial charge in [0.25, 0.3) is 11.8 Å². The third kappa shape index (κ3) is 3.35. The molecule has 142 valence electrons. The van der Waals surface area contributed by atoms with E-state index in [-0.39, 0.29) is 29.5 Å². The van der Waals surface area contributed by atoms with Gasteiger partial charge in [-0.1, -0.05) is 30.7 Å². The molecule has 1 saturated carbocycles. The van der Waals surface area contributed by atoms with Crippen molar-refractivity contribution in [1.29, 1.82) is 0 Å². The van der Waals surface area contributed by atoms with Gasteiger partial charge in [-0.25, -0.2) is 0 Å². The first-order valence-corrected chi connectivity index (χ1v) is 9.37. The highest BCUT2D eigenvalue weighted by Crippen LogP contribution is 2.44. The maximum atomic E-state index is 12.9. The Balaban J connectivity index is 1.63. The molecular formula is C20H21ClN2O4. The lowest BCUT2D eigenvalue weighted by Gasteiger charge is -2.13. The summed E-state index contributed by atoms with van der Waals surface area (Å²) in [6, 6.07) is 9.04. The van der Waals surface area contributed by atoms with E-state index >= 15 is 0 Å². The topological polar surface area (TPSA) is 80.6 Å². The highest BCUT2D eigenvalue weighted by molar-refractivity contribution is 6.30. The summed E-state index contributed by atoms with van der Waals surface area (Å²) in [7, 11) is 1.52. The number of benzene rings is 1. The number of carbonyl (C=O) groups excluding carboxylic acids is 2. The average Bonchev–Trinajstić information content (AvgIpc) is 3.07. The van der Waals surface area contributed by atoms with Gasteiger partial charge in [-0.05, 0) is 17.7 Å². The first-order chi connectivity index (χ1) is 13.0. The molecule has 2 fully saturated rings. The number of hydrogen-bond acceptors (Lipinski definition) is 4. The van der Waals surface area contributed by atoms with Gasteiger partial charge in [0, 0.05) is 41.9 Å². The first-order valence-electron chi connectivity index (χ1n) is 8.99. The number of ether oxygens (including phenoxy) is 1. The molecule has 0 bridgehead atoms. The van der Waals surface area contributed by atoms with Gasteiger partial charge in [0.15, 0.2) is 5.76 Å². The fraction of sp³-hybridized carbons (Fsp3) is 0.400. The number of amides is 2. The number of hydrogen-bond donors (Lipinski definition) is 2. The fourth-order valence-electron chi connectivity index (χ4n) is 3.75. The van der Waals surface area contributed by atoms with E-state index in [0.717, 1.165) is 5.56 Å². The fourth-order valence-corrected chi connectivity index (χ4v) is 3.95. The van der Waals surface area contributed by atoms with Crippen LogP contribution in [0, 0.1) is 11.8 Å². The molecule has 2 aromatic rings. The van der Waals surface area contributed by atoms with E-state index in [4.69, 9.17) is 20.8 Å². The van der Waals surface area contributed by atoms with Crippen LogP contribution in [0.4, 0.5) is 0 Å². The molecule has 2 heterocycles. The smallest absolute Gasteiger partial charge is 0.286 e. The van der Waals surface area contributed by atoms with Crippen LogP contribution in [0.2, 0.25) is 5.02 Å². The maximum Gasteiger partial charge on any atom is 0.286 e. The molecule has 1 saturated heterocycles. The Morgan fingerprint density at radius 1 is 1.19 bits per heavy atom. The van der Waals surface area contributed by atoms with Crippen LogP contribution in [-0.2, 0) is 4.74 Å². The summed E-state index contributed by atoms with van der Waals surface area (Å²) in [6.45, 7) is 3.31. The summed E-state index contributed by atoms with van der Waals surface area (Å²) in [4.78, 5) is 24.9. The Bertz CT molecular complexity index is 884. The summed E-state index contributed by atoms with van der Waals surface area (Å²) >= 11 is 6.10. The molecule has 0 spiro atoms. The lowest BCUT2D eigenvalue weighted by atomic mass is 9.96. The minimum absolute atomic E-state index is 0.117. The molecule has 2 N–H and O–H groups in total. The van der Waals surface area contributed by atoms with Crippen LogP contribution in [0.1, 0.15) is 45.1 Å². The van der Waals surface area contributed by atoms with E-state index in [9.17, 15) is 9.59 Å². The lowest BCUT2D eigenvalue weighted by molar-refractivity contribution is 0.0919. The van der Waals surface area contributed by atoms with E-state index in [1.165, 1.54) is 13.1 Å². The molecule has 2 aliphatic rings. The molecule has 1 unspecified atom stereocenters. The van der Waals surface area contributed by atoms with Crippen molar-refractivity contribution < 1.29 is 18.7 Å². The monoisotopic (exact) mass is 388 g/mol. The van der Waals surface area contributed by atoms with E-state index in [0.29, 0.717) is 41.4 Å². The van der Waals surface area contributed by atoms with Crippen LogP contribution >= 0.6 is 11.6 Å². The Labute approximate surface area is 162 Å². The van der Waals surface area contributed by atoms with Crippen LogP contribution < -0.4 is 10.6 Å². The third-order valence-corrected chi connectivity index (χ3v) is 5.68. The molecular weight excluding hydrogens is 368 g/mol. The van der Waals surface area contributed by atoms with Gasteiger partial charge in [-0.15, -0.1) is 0 Å². The molecule has 4 atom stereocenters. The molecule has 2 amide bonds. The Hall–Kier alpha value is -2.31. The average molecular weight is 389 g/mol. The van der Waals surface area contributed by atoms with Gasteiger partial charge in [0.2, 0.25) is 0 Å². The summed E-state index contributed by atoms with van der Waals surface area (Å²) < 4.78 is 11.2. The molecule has 7 heteroatoms. The lowest BCUT2D eigenvalue weighted by Crippen LogP contribution is -2.30. The highest BCUT2D eigenvalue weighted by Gasteiger charge is 2.55. The van der Waals surface area contributed by atoms with Gasteiger partial charge in [-0.3, -0.25) is 9.59 Å². The van der Waals surface area contributed by atoms with Crippen LogP contribution in [0.15, 0.2) is 34.7 Å². The summed E-state index contributed by atoms with van der Waals surface area (Å²) in [5, 5.41) is 6.20. The third-order valence-electron chi connectivity index (χ3n) is 5.45. The largest absolute Gasteiger partial charge is 0.454 e. The van der Waals surface area contributed by atoms with Crippen molar-refractivity contribution in [3.05, 3.63) is 58.0 Å². The SMILES string of the molecule is CNC(=O)c1cc(C(=O)NC2[C@H]3COC[C@@H]23)c([C@@H](C)c2cccc(Cl)c2)o1. The number of halogens is 1.